The van der Waals surface area contributed by atoms with Gasteiger partial charge in [-0.05, 0) is 25.2 Å². The van der Waals surface area contributed by atoms with Crippen molar-refractivity contribution in [1.82, 2.24) is 20.2 Å². The first-order valence-electron chi connectivity index (χ1n) is 5.50. The number of aromatic nitrogens is 4. The zero-order chi connectivity index (χ0) is 11.8. The number of rotatable bonds is 3. The van der Waals surface area contributed by atoms with Gasteiger partial charge in [0.1, 0.15) is 5.82 Å². The highest BCUT2D eigenvalue weighted by atomic mass is 32.2. The molecule has 1 aliphatic rings. The van der Waals surface area contributed by atoms with Gasteiger partial charge in [0.15, 0.2) is 5.16 Å². The molecule has 2 heterocycles. The Bertz CT molecular complexity index is 547. The first-order chi connectivity index (χ1) is 8.28. The summed E-state index contributed by atoms with van der Waals surface area (Å²) in [5.74, 6) is 1.14. The number of aromatic amines is 1. The molecule has 0 atom stereocenters. The molecule has 0 aliphatic heterocycles. The number of nitrogens with two attached hydrogens (primary N) is 1. The van der Waals surface area contributed by atoms with Gasteiger partial charge >= 0.3 is 0 Å². The highest BCUT2D eigenvalue weighted by Crippen LogP contribution is 2.40. The van der Waals surface area contributed by atoms with E-state index in [1.54, 1.807) is 6.20 Å². The van der Waals surface area contributed by atoms with E-state index in [2.05, 4.69) is 20.2 Å². The maximum absolute atomic E-state index is 5.91. The summed E-state index contributed by atoms with van der Waals surface area (Å²) in [5.41, 5.74) is 8.73. The molecular weight excluding hydrogens is 234 g/mol. The van der Waals surface area contributed by atoms with Crippen molar-refractivity contribution in [1.29, 1.82) is 0 Å². The van der Waals surface area contributed by atoms with E-state index in [-0.39, 0.29) is 0 Å². The summed E-state index contributed by atoms with van der Waals surface area (Å²) in [6.45, 7) is 0. The molecule has 17 heavy (non-hydrogen) atoms. The predicted molar refractivity (Wildman–Crippen MR) is 67.8 cm³/mol. The minimum atomic E-state index is 0.484. The minimum Gasteiger partial charge on any atom is -0.383 e. The molecule has 2 aromatic rings. The monoisotopic (exact) mass is 247 g/mol. The Labute approximate surface area is 103 Å². The summed E-state index contributed by atoms with van der Waals surface area (Å²) in [6.07, 6.45) is 6.16. The zero-order valence-electron chi connectivity index (χ0n) is 9.47. The molecule has 0 unspecified atom stereocenters. The van der Waals surface area contributed by atoms with Gasteiger partial charge in [0.2, 0.25) is 0 Å². The van der Waals surface area contributed by atoms with Crippen molar-refractivity contribution < 1.29 is 0 Å². The SMILES string of the molecule is CSc1ncc(-c2cc(C3CC3)[nH]n2)c(N)n1. The number of anilines is 1. The van der Waals surface area contributed by atoms with E-state index in [0.29, 0.717) is 16.9 Å². The number of nitrogens with zero attached hydrogens (tertiary/aromatic N) is 3. The largest absolute Gasteiger partial charge is 0.383 e. The number of nitrogens with one attached hydrogen (secondary N) is 1. The molecule has 0 bridgehead atoms. The van der Waals surface area contributed by atoms with E-state index < -0.39 is 0 Å². The molecule has 3 N–H and O–H groups in total. The first kappa shape index (κ1) is 10.6. The van der Waals surface area contributed by atoms with E-state index in [1.807, 2.05) is 12.3 Å². The molecule has 1 saturated carbocycles. The number of H-pyrrole nitrogens is 1. The van der Waals surface area contributed by atoms with Crippen LogP contribution in [0.3, 0.4) is 0 Å². The molecule has 0 spiro atoms. The maximum Gasteiger partial charge on any atom is 0.189 e. The second-order valence-electron chi connectivity index (χ2n) is 4.14. The number of nitrogen functional groups attached to an aromatic ring is 1. The highest BCUT2D eigenvalue weighted by Gasteiger charge is 2.26. The third-order valence-electron chi connectivity index (χ3n) is 2.87. The second kappa shape index (κ2) is 4.03. The Morgan fingerprint density at radius 1 is 1.47 bits per heavy atom. The van der Waals surface area contributed by atoms with Crippen LogP contribution in [0.4, 0.5) is 5.82 Å². The molecule has 0 saturated heterocycles. The van der Waals surface area contributed by atoms with Gasteiger partial charge in [-0.1, -0.05) is 11.8 Å². The fraction of sp³-hybridized carbons (Fsp3) is 0.364. The van der Waals surface area contributed by atoms with Crippen molar-refractivity contribution in [2.45, 2.75) is 23.9 Å². The van der Waals surface area contributed by atoms with E-state index in [9.17, 15) is 0 Å². The third kappa shape index (κ3) is 2.00. The van der Waals surface area contributed by atoms with Crippen molar-refractivity contribution in [3.05, 3.63) is 18.0 Å². The summed E-state index contributed by atoms with van der Waals surface area (Å²) in [7, 11) is 0. The van der Waals surface area contributed by atoms with Crippen molar-refractivity contribution in [2.24, 2.45) is 0 Å². The molecular formula is C11H13N5S. The van der Waals surface area contributed by atoms with Crippen LogP contribution in [0.5, 0.6) is 0 Å². The lowest BCUT2D eigenvalue weighted by Crippen LogP contribution is -1.97. The van der Waals surface area contributed by atoms with Gasteiger partial charge in [0, 0.05) is 17.8 Å². The van der Waals surface area contributed by atoms with Crippen LogP contribution in [-0.2, 0) is 0 Å². The molecule has 1 aliphatic carbocycles. The number of thioether (sulfide) groups is 1. The maximum atomic E-state index is 5.91. The second-order valence-corrected chi connectivity index (χ2v) is 4.91. The highest BCUT2D eigenvalue weighted by molar-refractivity contribution is 7.98. The van der Waals surface area contributed by atoms with Crippen LogP contribution < -0.4 is 5.73 Å². The number of hydrogen-bond donors (Lipinski definition) is 2. The fourth-order valence-corrected chi connectivity index (χ4v) is 2.10. The van der Waals surface area contributed by atoms with Crippen LogP contribution in [0.25, 0.3) is 11.3 Å². The van der Waals surface area contributed by atoms with Crippen LogP contribution >= 0.6 is 11.8 Å². The molecule has 0 aromatic carbocycles. The van der Waals surface area contributed by atoms with Crippen molar-refractivity contribution in [2.75, 3.05) is 12.0 Å². The van der Waals surface area contributed by atoms with Gasteiger partial charge in [-0.3, -0.25) is 5.10 Å². The Hall–Kier alpha value is -1.56. The molecule has 2 aromatic heterocycles. The summed E-state index contributed by atoms with van der Waals surface area (Å²) >= 11 is 1.48. The standard InChI is InChI=1S/C11H13N5S/c1-17-11-13-5-7(10(12)14-11)9-4-8(15-16-9)6-2-3-6/h4-6H,2-3H2,1H3,(H,15,16)(H2,12,13,14). The van der Waals surface area contributed by atoms with Crippen LogP contribution in [0.1, 0.15) is 24.5 Å². The van der Waals surface area contributed by atoms with Crippen molar-refractivity contribution in [3.8, 4) is 11.3 Å². The van der Waals surface area contributed by atoms with Gasteiger partial charge in [0.25, 0.3) is 0 Å². The number of hydrogen-bond acceptors (Lipinski definition) is 5. The van der Waals surface area contributed by atoms with E-state index >= 15 is 0 Å². The first-order valence-corrected chi connectivity index (χ1v) is 6.72. The fourth-order valence-electron chi connectivity index (χ4n) is 1.75. The lowest BCUT2D eigenvalue weighted by atomic mass is 10.2. The van der Waals surface area contributed by atoms with E-state index in [1.165, 1.54) is 30.3 Å². The Morgan fingerprint density at radius 2 is 2.29 bits per heavy atom. The predicted octanol–water partition coefficient (Wildman–Crippen LogP) is 2.05. The molecule has 0 radical (unpaired) electrons. The van der Waals surface area contributed by atoms with Crippen LogP contribution in [0, 0.1) is 0 Å². The summed E-state index contributed by atoms with van der Waals surface area (Å²) in [6, 6.07) is 2.05. The van der Waals surface area contributed by atoms with Crippen molar-refractivity contribution in [3.63, 3.8) is 0 Å². The van der Waals surface area contributed by atoms with E-state index in [4.69, 9.17) is 5.73 Å². The molecule has 6 heteroatoms. The zero-order valence-corrected chi connectivity index (χ0v) is 10.3. The molecule has 0 amide bonds. The van der Waals surface area contributed by atoms with Gasteiger partial charge in [-0.25, -0.2) is 9.97 Å². The Morgan fingerprint density at radius 3 is 2.94 bits per heavy atom. The summed E-state index contributed by atoms with van der Waals surface area (Å²) in [4.78, 5) is 8.44. The van der Waals surface area contributed by atoms with Gasteiger partial charge in [-0.15, -0.1) is 0 Å². The minimum absolute atomic E-state index is 0.484. The Balaban J connectivity index is 1.96. The van der Waals surface area contributed by atoms with Crippen molar-refractivity contribution >= 4 is 17.6 Å². The Kier molecular flexibility index (Phi) is 2.51. The third-order valence-corrected chi connectivity index (χ3v) is 3.43. The topological polar surface area (TPSA) is 80.5 Å². The van der Waals surface area contributed by atoms with Crippen LogP contribution in [0.15, 0.2) is 17.4 Å². The summed E-state index contributed by atoms with van der Waals surface area (Å²) < 4.78 is 0. The lowest BCUT2D eigenvalue weighted by molar-refractivity contribution is 0.959. The molecule has 1 fully saturated rings. The summed E-state index contributed by atoms with van der Waals surface area (Å²) in [5, 5.41) is 8.01. The van der Waals surface area contributed by atoms with Gasteiger partial charge in [0.05, 0.1) is 11.3 Å². The average molecular weight is 247 g/mol. The lowest BCUT2D eigenvalue weighted by Gasteiger charge is -2.01. The normalized spacial score (nSPS) is 15.1. The molecule has 3 rings (SSSR count). The average Bonchev–Trinajstić information content (AvgIpc) is 3.08. The van der Waals surface area contributed by atoms with Crippen LogP contribution in [-0.4, -0.2) is 26.4 Å². The van der Waals surface area contributed by atoms with Crippen LogP contribution in [0.2, 0.25) is 0 Å². The molecule has 88 valence electrons. The van der Waals surface area contributed by atoms with Gasteiger partial charge in [-0.2, -0.15) is 5.10 Å². The smallest absolute Gasteiger partial charge is 0.189 e. The molecule has 5 nitrogen and oxygen atoms in total. The van der Waals surface area contributed by atoms with Gasteiger partial charge < -0.3 is 5.73 Å². The van der Waals surface area contributed by atoms with E-state index in [0.717, 1.165) is 11.3 Å². The quantitative estimate of drug-likeness (QED) is 0.641.